The summed E-state index contributed by atoms with van der Waals surface area (Å²) in [6, 6.07) is 10.4. The Balaban J connectivity index is 2.09. The van der Waals surface area contributed by atoms with Crippen molar-refractivity contribution in [2.75, 3.05) is 0 Å². The smallest absolute Gasteiger partial charge is 0.214 e. The fraction of sp³-hybridized carbons (Fsp3) is 0. The van der Waals surface area contributed by atoms with Crippen LogP contribution in [0.15, 0.2) is 48.8 Å². The van der Waals surface area contributed by atoms with Crippen LogP contribution in [0.25, 0.3) is 11.2 Å². The van der Waals surface area contributed by atoms with E-state index in [0.717, 1.165) is 0 Å². The minimum Gasteiger partial charge on any atom is -0.287 e. The molecule has 0 bridgehead atoms. The first-order valence-corrected chi connectivity index (χ1v) is 6.00. The Kier molecular flexibility index (Phi) is 2.93. The maximum absolute atomic E-state index is 12.3. The molecular formula is C14H8ClN3O. The SMILES string of the molecule is O=C(c1cnc2cccnc2n1)c1ccccc1Cl. The van der Waals surface area contributed by atoms with Gasteiger partial charge >= 0.3 is 0 Å². The molecule has 0 fully saturated rings. The van der Waals surface area contributed by atoms with Crippen molar-refractivity contribution in [1.82, 2.24) is 15.0 Å². The average molecular weight is 270 g/mol. The van der Waals surface area contributed by atoms with Gasteiger partial charge in [-0.15, -0.1) is 0 Å². The van der Waals surface area contributed by atoms with Gasteiger partial charge in [0.25, 0.3) is 0 Å². The molecule has 1 aromatic carbocycles. The van der Waals surface area contributed by atoms with Gasteiger partial charge in [0.1, 0.15) is 11.2 Å². The maximum Gasteiger partial charge on any atom is 0.214 e. The number of nitrogens with zero attached hydrogens (tertiary/aromatic N) is 3. The van der Waals surface area contributed by atoms with Gasteiger partial charge in [-0.05, 0) is 24.3 Å². The van der Waals surface area contributed by atoms with Gasteiger partial charge in [-0.2, -0.15) is 0 Å². The zero-order chi connectivity index (χ0) is 13.2. The van der Waals surface area contributed by atoms with Gasteiger partial charge in [0.05, 0.1) is 11.2 Å². The van der Waals surface area contributed by atoms with Crippen molar-refractivity contribution in [2.24, 2.45) is 0 Å². The molecule has 0 atom stereocenters. The van der Waals surface area contributed by atoms with E-state index < -0.39 is 0 Å². The van der Waals surface area contributed by atoms with Crippen LogP contribution in [-0.2, 0) is 0 Å². The highest BCUT2D eigenvalue weighted by molar-refractivity contribution is 6.34. The molecule has 5 heteroatoms. The van der Waals surface area contributed by atoms with E-state index in [0.29, 0.717) is 21.7 Å². The average Bonchev–Trinajstić information content (AvgIpc) is 2.46. The van der Waals surface area contributed by atoms with Crippen LogP contribution >= 0.6 is 11.6 Å². The minimum atomic E-state index is -0.259. The maximum atomic E-state index is 12.3. The summed E-state index contributed by atoms with van der Waals surface area (Å²) in [6.45, 7) is 0. The molecule has 0 amide bonds. The lowest BCUT2D eigenvalue weighted by Gasteiger charge is -2.03. The van der Waals surface area contributed by atoms with E-state index in [-0.39, 0.29) is 11.5 Å². The highest BCUT2D eigenvalue weighted by atomic mass is 35.5. The number of ketones is 1. The Morgan fingerprint density at radius 1 is 1.05 bits per heavy atom. The summed E-state index contributed by atoms with van der Waals surface area (Å²) in [6.07, 6.45) is 3.05. The summed E-state index contributed by atoms with van der Waals surface area (Å²) in [5, 5.41) is 0.399. The van der Waals surface area contributed by atoms with E-state index >= 15 is 0 Å². The van der Waals surface area contributed by atoms with Crippen molar-refractivity contribution in [2.45, 2.75) is 0 Å². The molecule has 2 heterocycles. The summed E-state index contributed by atoms with van der Waals surface area (Å²) in [5.74, 6) is -0.259. The number of fused-ring (bicyclic) bond motifs is 1. The Morgan fingerprint density at radius 3 is 2.74 bits per heavy atom. The lowest BCUT2D eigenvalue weighted by molar-refractivity contribution is 0.103. The summed E-state index contributed by atoms with van der Waals surface area (Å²) in [4.78, 5) is 24.8. The van der Waals surface area contributed by atoms with Crippen molar-refractivity contribution in [3.8, 4) is 0 Å². The monoisotopic (exact) mass is 269 g/mol. The Morgan fingerprint density at radius 2 is 1.89 bits per heavy atom. The predicted octanol–water partition coefficient (Wildman–Crippen LogP) is 2.91. The second-order valence-corrected chi connectivity index (χ2v) is 4.32. The molecule has 3 rings (SSSR count). The van der Waals surface area contributed by atoms with Gasteiger partial charge in [-0.3, -0.25) is 9.78 Å². The molecule has 0 aliphatic rings. The molecule has 4 nitrogen and oxygen atoms in total. The first-order chi connectivity index (χ1) is 9.25. The number of halogens is 1. The number of aromatic nitrogens is 3. The van der Waals surface area contributed by atoms with E-state index in [1.165, 1.54) is 6.20 Å². The lowest BCUT2D eigenvalue weighted by atomic mass is 10.1. The third-order valence-electron chi connectivity index (χ3n) is 2.67. The molecule has 0 N–H and O–H groups in total. The molecule has 3 aromatic rings. The Labute approximate surface area is 114 Å². The summed E-state index contributed by atoms with van der Waals surface area (Å²) >= 11 is 6.00. The molecule has 0 saturated heterocycles. The standard InChI is InChI=1S/C14H8ClN3O/c15-10-5-2-1-4-9(10)13(19)12-8-17-11-6-3-7-16-14(11)18-12/h1-8H. The lowest BCUT2D eigenvalue weighted by Crippen LogP contribution is -2.06. The van der Waals surface area contributed by atoms with E-state index in [1.54, 1.807) is 42.6 Å². The number of rotatable bonds is 2. The van der Waals surface area contributed by atoms with E-state index in [2.05, 4.69) is 15.0 Å². The van der Waals surface area contributed by atoms with E-state index in [9.17, 15) is 4.79 Å². The summed E-state index contributed by atoms with van der Waals surface area (Å²) < 4.78 is 0. The molecule has 0 aliphatic heterocycles. The fourth-order valence-electron chi connectivity index (χ4n) is 1.74. The quantitative estimate of drug-likeness (QED) is 0.671. The third kappa shape index (κ3) is 2.18. The van der Waals surface area contributed by atoms with Crippen LogP contribution in [0, 0.1) is 0 Å². The molecule has 0 aliphatic carbocycles. The van der Waals surface area contributed by atoms with Gasteiger partial charge in [0, 0.05) is 11.8 Å². The number of benzene rings is 1. The topological polar surface area (TPSA) is 55.7 Å². The molecular weight excluding hydrogens is 262 g/mol. The predicted molar refractivity (Wildman–Crippen MR) is 72.2 cm³/mol. The van der Waals surface area contributed by atoms with Crippen LogP contribution in [0.1, 0.15) is 16.1 Å². The first-order valence-electron chi connectivity index (χ1n) is 5.63. The molecule has 92 valence electrons. The first kappa shape index (κ1) is 11.7. The van der Waals surface area contributed by atoms with Crippen LogP contribution in [0.3, 0.4) is 0 Å². The van der Waals surface area contributed by atoms with Crippen LogP contribution in [0.4, 0.5) is 0 Å². The normalized spacial score (nSPS) is 10.6. The second kappa shape index (κ2) is 4.74. The number of carbonyl (C=O) groups is 1. The molecule has 19 heavy (non-hydrogen) atoms. The van der Waals surface area contributed by atoms with Crippen LogP contribution in [0.2, 0.25) is 5.02 Å². The highest BCUT2D eigenvalue weighted by Crippen LogP contribution is 2.18. The summed E-state index contributed by atoms with van der Waals surface area (Å²) in [5.41, 5.74) is 1.74. The van der Waals surface area contributed by atoms with Gasteiger partial charge < -0.3 is 0 Å². The van der Waals surface area contributed by atoms with Gasteiger partial charge in [-0.1, -0.05) is 23.7 Å². The number of carbonyl (C=O) groups excluding carboxylic acids is 1. The van der Waals surface area contributed by atoms with Crippen molar-refractivity contribution in [3.63, 3.8) is 0 Å². The molecule has 0 radical (unpaired) electrons. The molecule has 0 unspecified atom stereocenters. The van der Waals surface area contributed by atoms with Crippen LogP contribution in [0.5, 0.6) is 0 Å². The minimum absolute atomic E-state index is 0.235. The van der Waals surface area contributed by atoms with Crippen molar-refractivity contribution < 1.29 is 4.79 Å². The fourth-order valence-corrected chi connectivity index (χ4v) is 1.96. The Bertz CT molecular complexity index is 773. The Hall–Kier alpha value is -2.33. The van der Waals surface area contributed by atoms with Crippen molar-refractivity contribution in [3.05, 3.63) is 65.1 Å². The molecule has 0 saturated carbocycles. The van der Waals surface area contributed by atoms with Crippen LogP contribution < -0.4 is 0 Å². The number of pyridine rings is 1. The molecule has 0 spiro atoms. The van der Waals surface area contributed by atoms with E-state index in [4.69, 9.17) is 11.6 Å². The van der Waals surface area contributed by atoms with E-state index in [1.807, 2.05) is 0 Å². The van der Waals surface area contributed by atoms with Gasteiger partial charge in [0.2, 0.25) is 5.78 Å². The number of hydrogen-bond donors (Lipinski definition) is 0. The second-order valence-electron chi connectivity index (χ2n) is 3.91. The third-order valence-corrected chi connectivity index (χ3v) is 3.00. The zero-order valence-electron chi connectivity index (χ0n) is 9.75. The van der Waals surface area contributed by atoms with Crippen molar-refractivity contribution in [1.29, 1.82) is 0 Å². The van der Waals surface area contributed by atoms with Crippen molar-refractivity contribution >= 4 is 28.5 Å². The highest BCUT2D eigenvalue weighted by Gasteiger charge is 2.14. The largest absolute Gasteiger partial charge is 0.287 e. The summed E-state index contributed by atoms with van der Waals surface area (Å²) in [7, 11) is 0. The van der Waals surface area contributed by atoms with Gasteiger partial charge in [-0.25, -0.2) is 9.97 Å². The number of hydrogen-bond acceptors (Lipinski definition) is 4. The zero-order valence-corrected chi connectivity index (χ0v) is 10.5. The molecule has 2 aromatic heterocycles. The van der Waals surface area contributed by atoms with Crippen LogP contribution in [-0.4, -0.2) is 20.7 Å². The van der Waals surface area contributed by atoms with Gasteiger partial charge in [0.15, 0.2) is 5.65 Å².